The van der Waals surface area contributed by atoms with Crippen molar-refractivity contribution in [3.05, 3.63) is 42.1 Å². The van der Waals surface area contributed by atoms with Gasteiger partial charge in [0, 0.05) is 51.3 Å². The number of nitrogens with zero attached hydrogens (tertiary/aromatic N) is 4. The third-order valence-corrected chi connectivity index (χ3v) is 4.39. The van der Waals surface area contributed by atoms with Gasteiger partial charge in [0.1, 0.15) is 11.6 Å². The lowest BCUT2D eigenvalue weighted by molar-refractivity contribution is 0.0702. The highest BCUT2D eigenvalue weighted by Gasteiger charge is 2.28. The minimum absolute atomic E-state index is 0.00203. The quantitative estimate of drug-likeness (QED) is 0.899. The number of nitrogen functional groups attached to an aromatic ring is 1. The minimum atomic E-state index is 0.00203. The third kappa shape index (κ3) is 3.56. The van der Waals surface area contributed by atoms with Crippen LogP contribution >= 0.6 is 0 Å². The van der Waals surface area contributed by atoms with Crippen molar-refractivity contribution in [2.45, 2.75) is 25.3 Å². The van der Waals surface area contributed by atoms with Gasteiger partial charge in [-0.15, -0.1) is 0 Å². The summed E-state index contributed by atoms with van der Waals surface area (Å²) in [6.45, 7) is 2.86. The van der Waals surface area contributed by atoms with Crippen LogP contribution in [0.15, 0.2) is 30.7 Å². The second-order valence-corrected chi connectivity index (χ2v) is 6.03. The molecule has 3 heterocycles. The van der Waals surface area contributed by atoms with E-state index < -0.39 is 0 Å². The Labute approximate surface area is 141 Å². The molecule has 2 N–H and O–H groups in total. The van der Waals surface area contributed by atoms with E-state index in [-0.39, 0.29) is 11.8 Å². The summed E-state index contributed by atoms with van der Waals surface area (Å²) in [5.74, 6) is 1.70. The first-order valence-corrected chi connectivity index (χ1v) is 8.20. The Bertz CT molecular complexity index is 683. The maximum atomic E-state index is 12.7. The number of hydrogen-bond donors (Lipinski definition) is 1. The number of carbonyl (C=O) groups excluding carboxylic acids is 1. The van der Waals surface area contributed by atoms with E-state index in [0.29, 0.717) is 24.5 Å². The highest BCUT2D eigenvalue weighted by molar-refractivity contribution is 5.94. The number of rotatable bonds is 5. The fraction of sp³-hybridized carbons (Fsp3) is 0.471. The maximum absolute atomic E-state index is 12.7. The second-order valence-electron chi connectivity index (χ2n) is 6.03. The Morgan fingerprint density at radius 3 is 3.04 bits per heavy atom. The molecule has 0 saturated carbocycles. The molecule has 1 aliphatic rings. The number of aromatic nitrogens is 3. The number of anilines is 1. The van der Waals surface area contributed by atoms with Crippen LogP contribution < -0.4 is 5.73 Å². The zero-order valence-electron chi connectivity index (χ0n) is 13.9. The molecular formula is C17H23N5O2. The molecule has 1 amide bonds. The zero-order chi connectivity index (χ0) is 16.9. The van der Waals surface area contributed by atoms with Crippen molar-refractivity contribution in [1.29, 1.82) is 0 Å². The molecule has 3 rings (SSSR count). The standard InChI is InChI=1S/C17H23N5O2/c1-24-10-9-21-8-6-19-16(21)14-3-2-7-22(12-14)17(23)13-4-5-15(18)20-11-13/h4-6,8,11,14H,2-3,7,9-10,12H2,1H3,(H2,18,20). The van der Waals surface area contributed by atoms with Crippen molar-refractivity contribution in [2.24, 2.45) is 0 Å². The number of piperidine rings is 1. The van der Waals surface area contributed by atoms with Crippen LogP contribution in [0.3, 0.4) is 0 Å². The molecule has 1 aliphatic heterocycles. The average molecular weight is 329 g/mol. The number of hydrogen-bond acceptors (Lipinski definition) is 5. The molecule has 0 aromatic carbocycles. The number of carbonyl (C=O) groups is 1. The first-order chi connectivity index (χ1) is 11.7. The Balaban J connectivity index is 1.71. The van der Waals surface area contributed by atoms with Crippen LogP contribution in [-0.4, -0.2) is 52.1 Å². The van der Waals surface area contributed by atoms with E-state index in [1.165, 1.54) is 0 Å². The van der Waals surface area contributed by atoms with Gasteiger partial charge in [-0.3, -0.25) is 4.79 Å². The Morgan fingerprint density at radius 1 is 1.42 bits per heavy atom. The SMILES string of the molecule is COCCn1ccnc1C1CCCN(C(=O)c2ccc(N)nc2)C1. The first kappa shape index (κ1) is 16.4. The topological polar surface area (TPSA) is 86.3 Å². The van der Waals surface area contributed by atoms with Gasteiger partial charge >= 0.3 is 0 Å². The van der Waals surface area contributed by atoms with Gasteiger partial charge in [-0.2, -0.15) is 0 Å². The van der Waals surface area contributed by atoms with Crippen LogP contribution in [0, 0.1) is 0 Å². The molecule has 1 unspecified atom stereocenters. The van der Waals surface area contributed by atoms with E-state index in [9.17, 15) is 4.79 Å². The number of methoxy groups -OCH3 is 1. The van der Waals surface area contributed by atoms with Crippen LogP contribution in [-0.2, 0) is 11.3 Å². The van der Waals surface area contributed by atoms with Gasteiger partial charge in [-0.1, -0.05) is 0 Å². The minimum Gasteiger partial charge on any atom is -0.384 e. The molecular weight excluding hydrogens is 306 g/mol. The molecule has 0 aliphatic carbocycles. The lowest BCUT2D eigenvalue weighted by Gasteiger charge is -2.32. The van der Waals surface area contributed by atoms with Crippen molar-refractivity contribution < 1.29 is 9.53 Å². The molecule has 24 heavy (non-hydrogen) atoms. The van der Waals surface area contributed by atoms with E-state index in [4.69, 9.17) is 10.5 Å². The summed E-state index contributed by atoms with van der Waals surface area (Å²) in [5.41, 5.74) is 6.17. The number of ether oxygens (including phenoxy) is 1. The number of likely N-dealkylation sites (tertiary alicyclic amines) is 1. The molecule has 1 saturated heterocycles. The fourth-order valence-corrected chi connectivity index (χ4v) is 3.15. The zero-order valence-corrected chi connectivity index (χ0v) is 13.9. The molecule has 0 bridgehead atoms. The Kier molecular flexibility index (Phi) is 5.10. The van der Waals surface area contributed by atoms with Crippen LogP contribution in [0.1, 0.15) is 34.9 Å². The van der Waals surface area contributed by atoms with E-state index in [1.807, 2.05) is 17.3 Å². The molecule has 2 aromatic rings. The van der Waals surface area contributed by atoms with Gasteiger partial charge in [0.15, 0.2) is 0 Å². The number of nitrogens with two attached hydrogens (primary N) is 1. The summed E-state index contributed by atoms with van der Waals surface area (Å²) in [6.07, 6.45) is 7.33. The van der Waals surface area contributed by atoms with Crippen LogP contribution in [0.4, 0.5) is 5.82 Å². The molecule has 0 radical (unpaired) electrons. The summed E-state index contributed by atoms with van der Waals surface area (Å²) < 4.78 is 7.27. The molecule has 7 heteroatoms. The van der Waals surface area contributed by atoms with E-state index >= 15 is 0 Å². The van der Waals surface area contributed by atoms with Crippen LogP contribution in [0.25, 0.3) is 0 Å². The highest BCUT2D eigenvalue weighted by atomic mass is 16.5. The summed E-state index contributed by atoms with van der Waals surface area (Å²) in [5, 5.41) is 0. The first-order valence-electron chi connectivity index (χ1n) is 8.20. The molecule has 2 aromatic heterocycles. The molecule has 1 fully saturated rings. The van der Waals surface area contributed by atoms with Crippen molar-refractivity contribution in [3.8, 4) is 0 Å². The molecule has 0 spiro atoms. The van der Waals surface area contributed by atoms with E-state index in [2.05, 4.69) is 14.5 Å². The average Bonchev–Trinajstić information content (AvgIpc) is 3.08. The van der Waals surface area contributed by atoms with Crippen molar-refractivity contribution in [2.75, 3.05) is 32.5 Å². The van der Waals surface area contributed by atoms with Crippen LogP contribution in [0.2, 0.25) is 0 Å². The smallest absolute Gasteiger partial charge is 0.255 e. The Morgan fingerprint density at radius 2 is 2.29 bits per heavy atom. The predicted molar refractivity (Wildman–Crippen MR) is 90.6 cm³/mol. The molecule has 7 nitrogen and oxygen atoms in total. The normalized spacial score (nSPS) is 17.9. The largest absolute Gasteiger partial charge is 0.384 e. The number of amides is 1. The lowest BCUT2D eigenvalue weighted by atomic mass is 9.96. The monoisotopic (exact) mass is 329 g/mol. The summed E-state index contributed by atoms with van der Waals surface area (Å²) in [6, 6.07) is 3.39. The van der Waals surface area contributed by atoms with Gasteiger partial charge in [-0.25, -0.2) is 9.97 Å². The molecule has 1 atom stereocenters. The highest BCUT2D eigenvalue weighted by Crippen LogP contribution is 2.26. The number of imidazole rings is 1. The number of pyridine rings is 1. The van der Waals surface area contributed by atoms with Crippen molar-refractivity contribution in [1.82, 2.24) is 19.4 Å². The van der Waals surface area contributed by atoms with Gasteiger partial charge in [0.05, 0.1) is 12.2 Å². The summed E-state index contributed by atoms with van der Waals surface area (Å²) in [7, 11) is 1.69. The predicted octanol–water partition coefficient (Wildman–Crippen LogP) is 1.53. The van der Waals surface area contributed by atoms with E-state index in [1.54, 1.807) is 25.4 Å². The molecule has 128 valence electrons. The van der Waals surface area contributed by atoms with Gasteiger partial charge in [0.25, 0.3) is 5.91 Å². The fourth-order valence-electron chi connectivity index (χ4n) is 3.15. The van der Waals surface area contributed by atoms with Crippen molar-refractivity contribution >= 4 is 11.7 Å². The Hall–Kier alpha value is -2.41. The second kappa shape index (κ2) is 7.44. The summed E-state index contributed by atoms with van der Waals surface area (Å²) >= 11 is 0. The van der Waals surface area contributed by atoms with Crippen molar-refractivity contribution in [3.63, 3.8) is 0 Å². The third-order valence-electron chi connectivity index (χ3n) is 4.39. The lowest BCUT2D eigenvalue weighted by Crippen LogP contribution is -2.39. The van der Waals surface area contributed by atoms with Crippen LogP contribution in [0.5, 0.6) is 0 Å². The van der Waals surface area contributed by atoms with E-state index in [0.717, 1.165) is 31.8 Å². The van der Waals surface area contributed by atoms with Gasteiger partial charge < -0.3 is 19.9 Å². The maximum Gasteiger partial charge on any atom is 0.255 e. The van der Waals surface area contributed by atoms with Gasteiger partial charge in [0.2, 0.25) is 0 Å². The summed E-state index contributed by atoms with van der Waals surface area (Å²) in [4.78, 5) is 23.1. The van der Waals surface area contributed by atoms with Gasteiger partial charge in [-0.05, 0) is 25.0 Å².